The molecular formula is C27H26BrF2N3O5S. The fraction of sp³-hybridized carbons (Fsp3) is 0.296. The summed E-state index contributed by atoms with van der Waals surface area (Å²) in [5.74, 6) is -0.391. The number of hydrogen-bond donors (Lipinski definition) is 2. The van der Waals surface area contributed by atoms with Gasteiger partial charge in [0.05, 0.1) is 18.7 Å². The first-order valence-electron chi connectivity index (χ1n) is 12.1. The van der Waals surface area contributed by atoms with Crippen molar-refractivity contribution in [2.24, 2.45) is 0 Å². The van der Waals surface area contributed by atoms with Crippen LogP contribution in [0.5, 0.6) is 11.5 Å². The van der Waals surface area contributed by atoms with Crippen LogP contribution in [0.3, 0.4) is 0 Å². The molecular weight excluding hydrogens is 596 g/mol. The van der Waals surface area contributed by atoms with Gasteiger partial charge in [0.2, 0.25) is 11.8 Å². The summed E-state index contributed by atoms with van der Waals surface area (Å²) in [5, 5.41) is 7.25. The summed E-state index contributed by atoms with van der Waals surface area (Å²) >= 11 is 4.82. The van der Waals surface area contributed by atoms with Gasteiger partial charge in [0.25, 0.3) is 5.91 Å². The number of ether oxygens (including phenoxy) is 2. The normalized spacial score (nSPS) is 17.6. The van der Waals surface area contributed by atoms with Gasteiger partial charge in [-0.05, 0) is 65.3 Å². The van der Waals surface area contributed by atoms with Crippen LogP contribution >= 0.6 is 27.3 Å². The molecule has 206 valence electrons. The number of carbonyl (C=O) groups excluding carboxylic acids is 3. The standard InChI is InChI=1S/C27H26BrF2N3O5S/c1-16(23-11-18(28)15-39-23)32-26(36)22-12-21(38-27(29)30)14-33(22)24(34)13-31-25(35)17-7-9-20(10-8-17)37-19-5-3-2-4-6-19/h2-11,15-16,21-22,27H,12-14H2,1H3,(H,31,35)(H,32,36)/t16?,21-,22+/m1/s1. The monoisotopic (exact) mass is 621 g/mol. The zero-order valence-electron chi connectivity index (χ0n) is 20.8. The number of alkyl halides is 2. The molecule has 3 amide bonds. The molecule has 1 aromatic heterocycles. The van der Waals surface area contributed by atoms with E-state index in [4.69, 9.17) is 4.74 Å². The van der Waals surface area contributed by atoms with Crippen molar-refractivity contribution in [3.05, 3.63) is 81.0 Å². The van der Waals surface area contributed by atoms with Crippen LogP contribution < -0.4 is 15.4 Å². The van der Waals surface area contributed by atoms with E-state index < -0.39 is 43.0 Å². The summed E-state index contributed by atoms with van der Waals surface area (Å²) in [5.41, 5.74) is 0.300. The number of benzene rings is 2. The third-order valence-corrected chi connectivity index (χ3v) is 7.93. The van der Waals surface area contributed by atoms with E-state index >= 15 is 0 Å². The van der Waals surface area contributed by atoms with Crippen LogP contribution in [0, 0.1) is 0 Å². The Morgan fingerprint density at radius 2 is 1.79 bits per heavy atom. The van der Waals surface area contributed by atoms with E-state index in [0.29, 0.717) is 17.1 Å². The molecule has 0 saturated carbocycles. The minimum atomic E-state index is -3.04. The SMILES string of the molecule is CC(NC(=O)[C@@H]1C[C@@H](OC(F)F)CN1C(=O)CNC(=O)c1ccc(Oc2ccccc2)cc1)c1cc(Br)cs1. The Kier molecular flexibility index (Phi) is 9.65. The Hall–Kier alpha value is -3.35. The van der Waals surface area contributed by atoms with Crippen LogP contribution in [-0.4, -0.2) is 54.5 Å². The predicted octanol–water partition coefficient (Wildman–Crippen LogP) is 5.12. The number of halogens is 3. The molecule has 1 aliphatic heterocycles. The number of hydrogen-bond acceptors (Lipinski definition) is 6. The van der Waals surface area contributed by atoms with Gasteiger partial charge in [-0.2, -0.15) is 8.78 Å². The molecule has 3 atom stereocenters. The zero-order valence-corrected chi connectivity index (χ0v) is 23.2. The lowest BCUT2D eigenvalue weighted by Crippen LogP contribution is -2.49. The molecule has 8 nitrogen and oxygen atoms in total. The molecule has 1 saturated heterocycles. The van der Waals surface area contributed by atoms with E-state index in [9.17, 15) is 23.2 Å². The highest BCUT2D eigenvalue weighted by Crippen LogP contribution is 2.27. The van der Waals surface area contributed by atoms with Gasteiger partial charge < -0.3 is 25.0 Å². The Labute approximate surface area is 236 Å². The first-order valence-corrected chi connectivity index (χ1v) is 13.8. The molecule has 0 radical (unpaired) electrons. The molecule has 2 aromatic carbocycles. The van der Waals surface area contributed by atoms with Crippen molar-refractivity contribution in [3.8, 4) is 11.5 Å². The fourth-order valence-electron chi connectivity index (χ4n) is 4.16. The van der Waals surface area contributed by atoms with Crippen LogP contribution in [-0.2, 0) is 14.3 Å². The largest absolute Gasteiger partial charge is 0.457 e. The van der Waals surface area contributed by atoms with E-state index in [1.165, 1.54) is 16.2 Å². The van der Waals surface area contributed by atoms with Gasteiger partial charge in [-0.1, -0.05) is 18.2 Å². The molecule has 1 fully saturated rings. The lowest BCUT2D eigenvalue weighted by atomic mass is 10.1. The molecule has 3 aromatic rings. The molecule has 1 unspecified atom stereocenters. The number of likely N-dealkylation sites (tertiary alicyclic amines) is 1. The van der Waals surface area contributed by atoms with Crippen LogP contribution in [0.1, 0.15) is 34.6 Å². The van der Waals surface area contributed by atoms with Gasteiger partial charge in [0.1, 0.15) is 17.5 Å². The second kappa shape index (κ2) is 13.1. The highest BCUT2D eigenvalue weighted by atomic mass is 79.9. The highest BCUT2D eigenvalue weighted by molar-refractivity contribution is 9.10. The lowest BCUT2D eigenvalue weighted by molar-refractivity contribution is -0.160. The second-order valence-corrected chi connectivity index (χ2v) is 10.7. The Balaban J connectivity index is 1.35. The van der Waals surface area contributed by atoms with Crippen molar-refractivity contribution in [1.82, 2.24) is 15.5 Å². The average molecular weight is 622 g/mol. The van der Waals surface area contributed by atoms with Crippen LogP contribution in [0.15, 0.2) is 70.5 Å². The summed E-state index contributed by atoms with van der Waals surface area (Å²) in [6.45, 7) is -1.85. The maximum atomic E-state index is 13.1. The minimum absolute atomic E-state index is 0.0837. The van der Waals surface area contributed by atoms with Gasteiger partial charge in [-0.25, -0.2) is 0 Å². The topological polar surface area (TPSA) is 97.0 Å². The van der Waals surface area contributed by atoms with Gasteiger partial charge in [-0.15, -0.1) is 11.3 Å². The maximum absolute atomic E-state index is 13.1. The summed E-state index contributed by atoms with van der Waals surface area (Å²) in [6, 6.07) is 16.0. The number of thiophene rings is 1. The second-order valence-electron chi connectivity index (χ2n) is 8.84. The first-order chi connectivity index (χ1) is 18.7. The van der Waals surface area contributed by atoms with Gasteiger partial charge in [-0.3, -0.25) is 14.4 Å². The first kappa shape index (κ1) is 28.7. The van der Waals surface area contributed by atoms with Crippen LogP contribution in [0.25, 0.3) is 0 Å². The number of nitrogens with zero attached hydrogens (tertiary/aromatic N) is 1. The predicted molar refractivity (Wildman–Crippen MR) is 145 cm³/mol. The number of rotatable bonds is 10. The van der Waals surface area contributed by atoms with Gasteiger partial charge in [0, 0.05) is 33.3 Å². The van der Waals surface area contributed by atoms with Crippen molar-refractivity contribution >= 4 is 45.0 Å². The van der Waals surface area contributed by atoms with Crippen molar-refractivity contribution in [2.75, 3.05) is 13.1 Å². The molecule has 12 heteroatoms. The van der Waals surface area contributed by atoms with Crippen molar-refractivity contribution in [1.29, 1.82) is 0 Å². The summed E-state index contributed by atoms with van der Waals surface area (Å²) in [4.78, 5) is 40.8. The van der Waals surface area contributed by atoms with E-state index in [2.05, 4.69) is 31.3 Å². The number of amides is 3. The molecule has 4 rings (SSSR count). The Morgan fingerprint density at radius 1 is 1.10 bits per heavy atom. The summed E-state index contributed by atoms with van der Waals surface area (Å²) in [6.07, 6.45) is -1.09. The van der Waals surface area contributed by atoms with E-state index in [1.54, 1.807) is 43.3 Å². The fourth-order valence-corrected chi connectivity index (χ4v) is 5.61. The maximum Gasteiger partial charge on any atom is 0.345 e. The smallest absolute Gasteiger partial charge is 0.345 e. The Bertz CT molecular complexity index is 1290. The third-order valence-electron chi connectivity index (χ3n) is 6.05. The average Bonchev–Trinajstić information content (AvgIpc) is 3.54. The highest BCUT2D eigenvalue weighted by Gasteiger charge is 2.41. The molecule has 2 N–H and O–H groups in total. The van der Waals surface area contributed by atoms with Gasteiger partial charge in [0.15, 0.2) is 0 Å². The lowest BCUT2D eigenvalue weighted by Gasteiger charge is -2.25. The van der Waals surface area contributed by atoms with Gasteiger partial charge >= 0.3 is 6.61 Å². The van der Waals surface area contributed by atoms with E-state index in [1.807, 2.05) is 29.6 Å². The van der Waals surface area contributed by atoms with E-state index in [0.717, 1.165) is 9.35 Å². The number of carbonyl (C=O) groups is 3. The minimum Gasteiger partial charge on any atom is -0.457 e. The van der Waals surface area contributed by atoms with Crippen LogP contribution in [0.2, 0.25) is 0 Å². The molecule has 1 aliphatic rings. The summed E-state index contributed by atoms with van der Waals surface area (Å²) in [7, 11) is 0. The third kappa shape index (κ3) is 7.84. The molecule has 39 heavy (non-hydrogen) atoms. The number of para-hydroxylation sites is 1. The molecule has 0 aliphatic carbocycles. The molecule has 0 bridgehead atoms. The Morgan fingerprint density at radius 3 is 2.44 bits per heavy atom. The zero-order chi connectivity index (χ0) is 27.9. The molecule has 2 heterocycles. The van der Waals surface area contributed by atoms with Crippen molar-refractivity contribution < 1.29 is 32.6 Å². The molecule has 0 spiro atoms. The van der Waals surface area contributed by atoms with Crippen molar-refractivity contribution in [3.63, 3.8) is 0 Å². The quantitative estimate of drug-likeness (QED) is 0.328. The van der Waals surface area contributed by atoms with E-state index in [-0.39, 0.29) is 19.0 Å². The number of nitrogens with one attached hydrogen (secondary N) is 2. The van der Waals surface area contributed by atoms with Crippen LogP contribution in [0.4, 0.5) is 8.78 Å². The van der Waals surface area contributed by atoms with Crippen molar-refractivity contribution in [2.45, 2.75) is 38.1 Å². The summed E-state index contributed by atoms with van der Waals surface area (Å²) < 4.78 is 36.9.